The summed E-state index contributed by atoms with van der Waals surface area (Å²) in [5, 5.41) is 1.72. The Morgan fingerprint density at radius 2 is 0.761 bits per heavy atom. The SMILES string of the molecule is Cc1c(-c2cc(-c3cc(C(F)(F)F)cc(C(F)(F)F)c3)cc(-c3cc(C(F)(F)F)cc(C(F)(F)F)c3)c2)cccc1-n1c2ccccc2c2cc(N(c3ccccc3)c3ccccc3)ccc21. The highest BCUT2D eigenvalue weighted by atomic mass is 19.4. The molecule has 9 aromatic rings. The summed E-state index contributed by atoms with van der Waals surface area (Å²) >= 11 is 0. The molecule has 2 nitrogen and oxygen atoms in total. The molecular weight excluding hydrogens is 893 g/mol. The van der Waals surface area contributed by atoms with Gasteiger partial charge in [0.25, 0.3) is 0 Å². The van der Waals surface area contributed by atoms with Crippen LogP contribution in [0.1, 0.15) is 27.8 Å². The quantitative estimate of drug-likeness (QED) is 0.145. The Balaban J connectivity index is 1.27. The van der Waals surface area contributed by atoms with E-state index in [1.54, 1.807) is 25.1 Å². The van der Waals surface area contributed by atoms with Gasteiger partial charge in [0.05, 0.1) is 33.3 Å². The molecule has 0 aliphatic rings. The Hall–Kier alpha value is -7.48. The van der Waals surface area contributed by atoms with Gasteiger partial charge >= 0.3 is 24.7 Å². The molecule has 338 valence electrons. The lowest BCUT2D eigenvalue weighted by molar-refractivity contribution is -0.144. The predicted octanol–water partition coefficient (Wildman–Crippen LogP) is 17.6. The first kappa shape index (κ1) is 44.7. The first-order valence-corrected chi connectivity index (χ1v) is 20.4. The van der Waals surface area contributed by atoms with Gasteiger partial charge in [-0.2, -0.15) is 52.7 Å². The van der Waals surface area contributed by atoms with Crippen LogP contribution in [0.25, 0.3) is 60.9 Å². The number of anilines is 3. The number of aromatic nitrogens is 1. The molecule has 0 unspecified atom stereocenters. The number of nitrogens with zero attached hydrogens (tertiary/aromatic N) is 2. The third kappa shape index (κ3) is 8.71. The van der Waals surface area contributed by atoms with E-state index < -0.39 is 58.1 Å². The molecule has 14 heteroatoms. The maximum absolute atomic E-state index is 14.1. The van der Waals surface area contributed by atoms with Crippen LogP contribution < -0.4 is 4.90 Å². The van der Waals surface area contributed by atoms with Crippen LogP contribution in [0.5, 0.6) is 0 Å². The molecule has 0 amide bonds. The molecule has 0 fully saturated rings. The van der Waals surface area contributed by atoms with Gasteiger partial charge in [-0.3, -0.25) is 0 Å². The van der Waals surface area contributed by atoms with Gasteiger partial charge in [-0.15, -0.1) is 0 Å². The van der Waals surface area contributed by atoms with E-state index in [-0.39, 0.29) is 28.8 Å². The topological polar surface area (TPSA) is 8.17 Å². The zero-order valence-corrected chi connectivity index (χ0v) is 34.7. The maximum atomic E-state index is 14.1. The van der Waals surface area contributed by atoms with E-state index in [0.717, 1.165) is 44.9 Å². The van der Waals surface area contributed by atoms with Crippen molar-refractivity contribution in [2.24, 2.45) is 0 Å². The highest BCUT2D eigenvalue weighted by molar-refractivity contribution is 6.11. The summed E-state index contributed by atoms with van der Waals surface area (Å²) in [5.41, 5.74) is -2.84. The summed E-state index contributed by atoms with van der Waals surface area (Å²) in [7, 11) is 0. The van der Waals surface area contributed by atoms with Crippen LogP contribution in [0.4, 0.5) is 69.7 Å². The molecule has 0 saturated heterocycles. The number of hydrogen-bond acceptors (Lipinski definition) is 1. The number of halogens is 12. The van der Waals surface area contributed by atoms with Crippen LogP contribution in [-0.4, -0.2) is 4.57 Å². The van der Waals surface area contributed by atoms with E-state index in [1.807, 2.05) is 102 Å². The number of para-hydroxylation sites is 3. The second-order valence-electron chi connectivity index (χ2n) is 15.9. The molecule has 0 bridgehead atoms. The highest BCUT2D eigenvalue weighted by Crippen LogP contribution is 2.45. The lowest BCUT2D eigenvalue weighted by Crippen LogP contribution is -2.11. The van der Waals surface area contributed by atoms with Crippen LogP contribution in [-0.2, 0) is 24.7 Å². The minimum Gasteiger partial charge on any atom is -0.310 e. The van der Waals surface area contributed by atoms with Crippen LogP contribution in [0.15, 0.2) is 176 Å². The van der Waals surface area contributed by atoms with Gasteiger partial charge in [0.2, 0.25) is 0 Å². The molecule has 0 aliphatic heterocycles. The molecule has 1 aromatic heterocycles. The van der Waals surface area contributed by atoms with E-state index in [4.69, 9.17) is 0 Å². The predicted molar refractivity (Wildman–Crippen MR) is 237 cm³/mol. The maximum Gasteiger partial charge on any atom is 0.416 e. The number of alkyl halides is 12. The standard InChI is InChI=1S/C53H32F12N2/c1-31-44(16-10-18-47(31)67-48-17-9-8-15-45(48)46-30-43(19-20-49(46)67)66(41-11-4-2-5-12-41)42-13-6-3-7-14-42)36-22-32(34-24-37(50(54,55)56)28-38(25-34)51(57,58)59)21-33(23-36)35-26-39(52(60,61)62)29-40(27-35)53(63,64)65/h2-30H,1H3. The Labute approximate surface area is 374 Å². The smallest absolute Gasteiger partial charge is 0.310 e. The third-order valence-electron chi connectivity index (χ3n) is 11.6. The van der Waals surface area contributed by atoms with Gasteiger partial charge < -0.3 is 9.47 Å². The molecule has 0 radical (unpaired) electrons. The average Bonchev–Trinajstić information content (AvgIpc) is 3.62. The normalized spacial score (nSPS) is 12.6. The van der Waals surface area contributed by atoms with Gasteiger partial charge in [-0.1, -0.05) is 66.7 Å². The molecule has 0 aliphatic carbocycles. The van der Waals surface area contributed by atoms with E-state index in [9.17, 15) is 52.7 Å². The second kappa shape index (κ2) is 16.4. The Morgan fingerprint density at radius 1 is 0.343 bits per heavy atom. The minimum absolute atomic E-state index is 0.0696. The number of rotatable bonds is 7. The molecule has 67 heavy (non-hydrogen) atoms. The molecular formula is C53H32F12N2. The second-order valence-corrected chi connectivity index (χ2v) is 15.9. The number of fused-ring (bicyclic) bond motifs is 3. The van der Waals surface area contributed by atoms with Crippen molar-refractivity contribution in [3.63, 3.8) is 0 Å². The zero-order chi connectivity index (χ0) is 47.6. The summed E-state index contributed by atoms with van der Waals surface area (Å²) in [5.74, 6) is 0. The van der Waals surface area contributed by atoms with E-state index in [1.165, 1.54) is 12.1 Å². The summed E-state index contributed by atoms with van der Waals surface area (Å²) in [4.78, 5) is 2.10. The molecule has 0 atom stereocenters. The van der Waals surface area contributed by atoms with E-state index >= 15 is 0 Å². The third-order valence-corrected chi connectivity index (χ3v) is 11.6. The Morgan fingerprint density at radius 3 is 1.24 bits per heavy atom. The van der Waals surface area contributed by atoms with Crippen LogP contribution in [0, 0.1) is 6.92 Å². The summed E-state index contributed by atoms with van der Waals surface area (Å²) in [6.45, 7) is 1.72. The van der Waals surface area contributed by atoms with Crippen molar-refractivity contribution in [1.82, 2.24) is 4.57 Å². The van der Waals surface area contributed by atoms with Crippen molar-refractivity contribution in [2.75, 3.05) is 4.90 Å². The molecule has 0 spiro atoms. The largest absolute Gasteiger partial charge is 0.416 e. The first-order chi connectivity index (χ1) is 31.6. The van der Waals surface area contributed by atoms with Crippen molar-refractivity contribution in [2.45, 2.75) is 31.6 Å². The van der Waals surface area contributed by atoms with Crippen molar-refractivity contribution >= 4 is 38.9 Å². The molecule has 8 aromatic carbocycles. The lowest BCUT2D eigenvalue weighted by atomic mass is 9.89. The van der Waals surface area contributed by atoms with Crippen molar-refractivity contribution in [1.29, 1.82) is 0 Å². The Kier molecular flexibility index (Phi) is 11.0. The first-order valence-electron chi connectivity index (χ1n) is 20.4. The highest BCUT2D eigenvalue weighted by Gasteiger charge is 2.39. The van der Waals surface area contributed by atoms with Gasteiger partial charge in [0.15, 0.2) is 0 Å². The van der Waals surface area contributed by atoms with Crippen molar-refractivity contribution in [3.05, 3.63) is 204 Å². The van der Waals surface area contributed by atoms with E-state index in [0.29, 0.717) is 41.1 Å². The van der Waals surface area contributed by atoms with Crippen molar-refractivity contribution < 1.29 is 52.7 Å². The monoisotopic (exact) mass is 924 g/mol. The van der Waals surface area contributed by atoms with Crippen molar-refractivity contribution in [3.8, 4) is 39.1 Å². The molecule has 0 N–H and O–H groups in total. The fraction of sp³-hybridized carbons (Fsp3) is 0.0943. The zero-order valence-electron chi connectivity index (χ0n) is 34.7. The minimum atomic E-state index is -5.26. The Bertz CT molecular complexity index is 3110. The molecule has 0 saturated carbocycles. The van der Waals surface area contributed by atoms with Gasteiger partial charge in [-0.25, -0.2) is 0 Å². The summed E-state index contributed by atoms with van der Waals surface area (Å²) < 4.78 is 172. The van der Waals surface area contributed by atoms with Crippen LogP contribution in [0.2, 0.25) is 0 Å². The van der Waals surface area contributed by atoms with Gasteiger partial charge in [0.1, 0.15) is 0 Å². The van der Waals surface area contributed by atoms with Crippen LogP contribution in [0.3, 0.4) is 0 Å². The fourth-order valence-corrected chi connectivity index (χ4v) is 8.50. The number of benzene rings is 8. The van der Waals surface area contributed by atoms with Crippen LogP contribution >= 0.6 is 0 Å². The lowest BCUT2D eigenvalue weighted by Gasteiger charge is -2.25. The summed E-state index contributed by atoms with van der Waals surface area (Å²) in [6.07, 6.45) is -21.0. The summed E-state index contributed by atoms with van der Waals surface area (Å²) in [6, 6.07) is 43.3. The average molecular weight is 925 g/mol. The van der Waals surface area contributed by atoms with E-state index in [2.05, 4.69) is 11.0 Å². The van der Waals surface area contributed by atoms with Gasteiger partial charge in [0, 0.05) is 33.5 Å². The molecule has 1 heterocycles. The fourth-order valence-electron chi connectivity index (χ4n) is 8.50. The van der Waals surface area contributed by atoms with Gasteiger partial charge in [-0.05, 0) is 155 Å². The molecule has 9 rings (SSSR count). The number of hydrogen-bond donors (Lipinski definition) is 0.